The quantitative estimate of drug-likeness (QED) is 0.664. The molecule has 2 amide bonds. The van der Waals surface area contributed by atoms with Crippen LogP contribution in [0.3, 0.4) is 0 Å². The summed E-state index contributed by atoms with van der Waals surface area (Å²) in [7, 11) is -2.15. The molecule has 0 saturated heterocycles. The molecule has 9 heteroatoms. The Kier molecular flexibility index (Phi) is 4.36. The number of nitrogens with one attached hydrogen (secondary N) is 3. The van der Waals surface area contributed by atoms with Crippen LogP contribution in [0.15, 0.2) is 53.4 Å². The Hall–Kier alpha value is -2.65. The summed E-state index contributed by atoms with van der Waals surface area (Å²) in [5.74, 6) is 0. The molecular formula is C15H14N4O3S2. The van der Waals surface area contributed by atoms with Crippen molar-refractivity contribution >= 4 is 48.4 Å². The third-order valence-electron chi connectivity index (χ3n) is 3.15. The van der Waals surface area contributed by atoms with Crippen LogP contribution in [0.5, 0.6) is 0 Å². The Balaban J connectivity index is 1.87. The predicted octanol–water partition coefficient (Wildman–Crippen LogP) is 2.85. The first-order valence-electron chi connectivity index (χ1n) is 6.95. The molecule has 7 nitrogen and oxygen atoms in total. The van der Waals surface area contributed by atoms with Gasteiger partial charge in [-0.1, -0.05) is 29.5 Å². The van der Waals surface area contributed by atoms with Crippen LogP contribution in [-0.4, -0.2) is 26.5 Å². The molecule has 3 N–H and O–H groups in total. The van der Waals surface area contributed by atoms with Crippen molar-refractivity contribution in [3.8, 4) is 0 Å². The third-order valence-corrected chi connectivity index (χ3v) is 5.58. The van der Waals surface area contributed by atoms with Crippen LogP contribution in [0.4, 0.5) is 15.6 Å². The molecule has 1 heterocycles. The van der Waals surface area contributed by atoms with E-state index in [2.05, 4.69) is 20.3 Å². The Morgan fingerprint density at radius 1 is 1.12 bits per heavy atom. The predicted molar refractivity (Wildman–Crippen MR) is 94.9 cm³/mol. The van der Waals surface area contributed by atoms with Crippen molar-refractivity contribution in [3.05, 3.63) is 48.5 Å². The van der Waals surface area contributed by atoms with Gasteiger partial charge in [0.2, 0.25) is 0 Å². The summed E-state index contributed by atoms with van der Waals surface area (Å²) in [5, 5.41) is 5.37. The van der Waals surface area contributed by atoms with E-state index in [0.717, 1.165) is 4.70 Å². The molecule has 2 aromatic carbocycles. The zero-order valence-corrected chi connectivity index (χ0v) is 14.2. The van der Waals surface area contributed by atoms with E-state index in [-0.39, 0.29) is 16.1 Å². The third kappa shape index (κ3) is 3.47. The van der Waals surface area contributed by atoms with Gasteiger partial charge in [0.1, 0.15) is 0 Å². The smallest absolute Gasteiger partial charge is 0.318 e. The molecule has 0 radical (unpaired) electrons. The number of urea groups is 1. The van der Waals surface area contributed by atoms with Crippen molar-refractivity contribution < 1.29 is 13.2 Å². The lowest BCUT2D eigenvalue weighted by atomic mass is 10.3. The maximum absolute atomic E-state index is 12.3. The second kappa shape index (κ2) is 6.46. The minimum Gasteiger partial charge on any atom is -0.341 e. The molecule has 0 spiro atoms. The Bertz CT molecular complexity index is 984. The SMILES string of the molecule is CNC(=O)Nc1ccc2sc(NS(=O)(=O)c3ccccc3)nc2c1. The Morgan fingerprint density at radius 3 is 2.58 bits per heavy atom. The summed E-state index contributed by atoms with van der Waals surface area (Å²) >= 11 is 1.22. The molecule has 1 aromatic heterocycles. The number of thiazole rings is 1. The van der Waals surface area contributed by atoms with Gasteiger partial charge in [-0.15, -0.1) is 0 Å². The van der Waals surface area contributed by atoms with Gasteiger partial charge in [0.25, 0.3) is 10.0 Å². The number of sulfonamides is 1. The fraction of sp³-hybridized carbons (Fsp3) is 0.0667. The van der Waals surface area contributed by atoms with Gasteiger partial charge in [-0.05, 0) is 30.3 Å². The van der Waals surface area contributed by atoms with Gasteiger partial charge in [0.05, 0.1) is 15.1 Å². The van der Waals surface area contributed by atoms with Crippen molar-refractivity contribution in [3.63, 3.8) is 0 Å². The number of rotatable bonds is 4. The fourth-order valence-corrected chi connectivity index (χ4v) is 4.12. The highest BCUT2D eigenvalue weighted by atomic mass is 32.2. The minimum atomic E-state index is -3.68. The zero-order chi connectivity index (χ0) is 17.2. The van der Waals surface area contributed by atoms with E-state index in [1.54, 1.807) is 36.4 Å². The van der Waals surface area contributed by atoms with Crippen LogP contribution in [-0.2, 0) is 10.0 Å². The number of hydrogen-bond donors (Lipinski definition) is 3. The van der Waals surface area contributed by atoms with Crippen LogP contribution in [0.1, 0.15) is 0 Å². The van der Waals surface area contributed by atoms with E-state index in [9.17, 15) is 13.2 Å². The number of carbonyl (C=O) groups excluding carboxylic acids is 1. The molecule has 0 aliphatic rings. The summed E-state index contributed by atoms with van der Waals surface area (Å²) < 4.78 is 27.9. The highest BCUT2D eigenvalue weighted by Gasteiger charge is 2.16. The molecule has 3 rings (SSSR count). The first-order valence-corrected chi connectivity index (χ1v) is 9.25. The van der Waals surface area contributed by atoms with E-state index in [1.165, 1.54) is 30.5 Å². The number of fused-ring (bicyclic) bond motifs is 1. The Labute approximate surface area is 142 Å². The van der Waals surface area contributed by atoms with Crippen LogP contribution >= 0.6 is 11.3 Å². The normalized spacial score (nSPS) is 11.2. The first-order chi connectivity index (χ1) is 11.5. The highest BCUT2D eigenvalue weighted by Crippen LogP contribution is 2.29. The first kappa shape index (κ1) is 16.2. The van der Waals surface area contributed by atoms with E-state index >= 15 is 0 Å². The van der Waals surface area contributed by atoms with Crippen LogP contribution in [0.25, 0.3) is 10.2 Å². The molecule has 0 unspecified atom stereocenters. The molecule has 3 aromatic rings. The van der Waals surface area contributed by atoms with Crippen LogP contribution in [0.2, 0.25) is 0 Å². The minimum absolute atomic E-state index is 0.172. The maximum Gasteiger partial charge on any atom is 0.318 e. The van der Waals surface area contributed by atoms with Gasteiger partial charge in [0.15, 0.2) is 5.13 Å². The van der Waals surface area contributed by atoms with E-state index in [4.69, 9.17) is 0 Å². The topological polar surface area (TPSA) is 100 Å². The standard InChI is InChI=1S/C15H14N4O3S2/c1-16-14(20)17-10-7-8-13-12(9-10)18-15(23-13)19-24(21,22)11-5-3-2-4-6-11/h2-9H,1H3,(H,18,19)(H2,16,17,20). The summed E-state index contributed by atoms with van der Waals surface area (Å²) in [4.78, 5) is 15.8. The molecule has 0 saturated carbocycles. The zero-order valence-electron chi connectivity index (χ0n) is 12.6. The number of hydrogen-bond acceptors (Lipinski definition) is 5. The average molecular weight is 362 g/mol. The maximum atomic E-state index is 12.3. The molecule has 0 aliphatic heterocycles. The van der Waals surface area contributed by atoms with Crippen LogP contribution < -0.4 is 15.4 Å². The molecule has 124 valence electrons. The summed E-state index contributed by atoms with van der Waals surface area (Å²) in [6.45, 7) is 0. The molecule has 0 fully saturated rings. The van der Waals surface area contributed by atoms with Crippen molar-refractivity contribution in [1.29, 1.82) is 0 Å². The second-order valence-electron chi connectivity index (χ2n) is 4.82. The van der Waals surface area contributed by atoms with Crippen molar-refractivity contribution in [2.45, 2.75) is 4.90 Å². The van der Waals surface area contributed by atoms with Crippen LogP contribution in [0, 0.1) is 0 Å². The fourth-order valence-electron chi connectivity index (χ4n) is 2.02. The number of anilines is 2. The molecule has 0 aliphatic carbocycles. The number of aromatic nitrogens is 1. The molecule has 0 bridgehead atoms. The summed E-state index contributed by atoms with van der Waals surface area (Å²) in [6, 6.07) is 12.9. The molecular weight excluding hydrogens is 348 g/mol. The van der Waals surface area contributed by atoms with E-state index in [0.29, 0.717) is 11.2 Å². The van der Waals surface area contributed by atoms with Gasteiger partial charge >= 0.3 is 6.03 Å². The lowest BCUT2D eigenvalue weighted by Crippen LogP contribution is -2.24. The second-order valence-corrected chi connectivity index (χ2v) is 7.54. The lowest BCUT2D eigenvalue weighted by Gasteiger charge is -2.04. The number of benzene rings is 2. The molecule has 0 atom stereocenters. The van der Waals surface area contributed by atoms with Crippen molar-refractivity contribution in [1.82, 2.24) is 10.3 Å². The van der Waals surface area contributed by atoms with Gasteiger partial charge in [-0.25, -0.2) is 18.2 Å². The summed E-state index contributed by atoms with van der Waals surface area (Å²) in [6.07, 6.45) is 0. The van der Waals surface area contributed by atoms with Gasteiger partial charge < -0.3 is 10.6 Å². The average Bonchev–Trinajstić information content (AvgIpc) is 2.96. The van der Waals surface area contributed by atoms with Gasteiger partial charge in [-0.3, -0.25) is 4.72 Å². The Morgan fingerprint density at radius 2 is 1.88 bits per heavy atom. The summed E-state index contributed by atoms with van der Waals surface area (Å²) in [5.41, 5.74) is 1.17. The van der Waals surface area contributed by atoms with Gasteiger partial charge in [0, 0.05) is 12.7 Å². The number of nitrogens with zero attached hydrogens (tertiary/aromatic N) is 1. The van der Waals surface area contributed by atoms with Gasteiger partial charge in [-0.2, -0.15) is 0 Å². The number of carbonyl (C=O) groups is 1. The largest absolute Gasteiger partial charge is 0.341 e. The van der Waals surface area contributed by atoms with Crippen molar-refractivity contribution in [2.24, 2.45) is 0 Å². The lowest BCUT2D eigenvalue weighted by molar-refractivity contribution is 0.254. The van der Waals surface area contributed by atoms with E-state index < -0.39 is 10.0 Å². The molecule has 24 heavy (non-hydrogen) atoms. The highest BCUT2D eigenvalue weighted by molar-refractivity contribution is 7.93. The number of amides is 2. The monoisotopic (exact) mass is 362 g/mol. The van der Waals surface area contributed by atoms with Crippen molar-refractivity contribution in [2.75, 3.05) is 17.1 Å². The van der Waals surface area contributed by atoms with E-state index in [1.807, 2.05) is 0 Å².